The molecular formula is C17H19BP+. The monoisotopic (exact) mass is 265 g/mol. The molecule has 0 aliphatic carbocycles. The van der Waals surface area contributed by atoms with Gasteiger partial charge in [0.15, 0.2) is 0 Å². The lowest BCUT2D eigenvalue weighted by molar-refractivity contribution is 1.10. The molecule has 2 aromatic rings. The Balaban J connectivity index is 2.50. The van der Waals surface area contributed by atoms with Crippen LogP contribution >= 0.6 is 7.14 Å². The first kappa shape index (κ1) is 14.1. The van der Waals surface area contributed by atoms with E-state index in [0.717, 1.165) is 10.9 Å². The second-order valence-electron chi connectivity index (χ2n) is 5.02. The van der Waals surface area contributed by atoms with Gasteiger partial charge in [-0.1, -0.05) is 55.1 Å². The molecule has 19 heavy (non-hydrogen) atoms. The summed E-state index contributed by atoms with van der Waals surface area (Å²) in [5.74, 6) is 0. The van der Waals surface area contributed by atoms with Crippen molar-refractivity contribution in [3.8, 4) is 0 Å². The molecule has 0 aliphatic heterocycles. The third kappa shape index (κ3) is 2.67. The quantitative estimate of drug-likeness (QED) is 0.564. The first-order valence-corrected chi connectivity index (χ1v) is 8.47. The van der Waals surface area contributed by atoms with Gasteiger partial charge in [-0.05, 0) is 26.0 Å². The van der Waals surface area contributed by atoms with Crippen molar-refractivity contribution in [2.45, 2.75) is 19.5 Å². The molecule has 0 saturated heterocycles. The topological polar surface area (TPSA) is 0 Å². The van der Waals surface area contributed by atoms with E-state index in [1.54, 1.807) is 0 Å². The lowest BCUT2D eigenvalue weighted by Gasteiger charge is -2.29. The maximum Gasteiger partial charge on any atom is 0.377 e. The summed E-state index contributed by atoms with van der Waals surface area (Å²) >= 11 is 0. The van der Waals surface area contributed by atoms with E-state index in [0.29, 0.717) is 5.66 Å². The summed E-state index contributed by atoms with van der Waals surface area (Å²) in [5, 5.41) is 2.30. The van der Waals surface area contributed by atoms with E-state index >= 15 is 0 Å². The van der Waals surface area contributed by atoms with E-state index in [9.17, 15) is 0 Å². The molecule has 0 saturated carbocycles. The van der Waals surface area contributed by atoms with Crippen molar-refractivity contribution >= 4 is 25.3 Å². The Labute approximate surface area is 118 Å². The van der Waals surface area contributed by atoms with Crippen molar-refractivity contribution in [2.75, 3.05) is 0 Å². The van der Waals surface area contributed by atoms with Gasteiger partial charge >= 0.3 is 7.57 Å². The first-order chi connectivity index (χ1) is 9.06. The Hall–Kier alpha value is -1.33. The van der Waals surface area contributed by atoms with Gasteiger partial charge in [-0.25, -0.2) is 0 Å². The number of benzene rings is 2. The van der Waals surface area contributed by atoms with Crippen molar-refractivity contribution in [3.63, 3.8) is 0 Å². The number of hydrogen-bond donors (Lipinski definition) is 0. The molecular weight excluding hydrogens is 246 g/mol. The summed E-state index contributed by atoms with van der Waals surface area (Å²) in [6.07, 6.45) is 0. The molecule has 0 heterocycles. The van der Waals surface area contributed by atoms with Gasteiger partial charge in [-0.3, -0.25) is 0 Å². The minimum Gasteiger partial charge on any atom is -0.0622 e. The maximum atomic E-state index is 6.85. The fourth-order valence-electron chi connectivity index (χ4n) is 2.28. The Morgan fingerprint density at radius 2 is 1.42 bits per heavy atom. The highest BCUT2D eigenvalue weighted by Crippen LogP contribution is 2.67. The molecule has 0 aliphatic rings. The van der Waals surface area contributed by atoms with Crippen LogP contribution in [0.1, 0.15) is 19.4 Å². The molecule has 0 N–H and O–H groups in total. The minimum absolute atomic E-state index is 0.377. The summed E-state index contributed by atoms with van der Waals surface area (Å²) in [6, 6.07) is 20.7. The lowest BCUT2D eigenvalue weighted by atomic mass is 10.2. The Morgan fingerprint density at radius 3 is 1.89 bits per heavy atom. The van der Waals surface area contributed by atoms with E-state index in [-0.39, 0.29) is 0 Å². The molecule has 2 rings (SSSR count). The Bertz CT molecular complexity index is 548. The Morgan fingerprint density at radius 1 is 0.947 bits per heavy atom. The average molecular weight is 265 g/mol. The summed E-state index contributed by atoms with van der Waals surface area (Å²) in [6.45, 7) is 8.70. The van der Waals surface area contributed by atoms with Crippen LogP contribution < -0.4 is 5.30 Å². The Kier molecular flexibility index (Phi) is 4.27. The molecule has 0 nitrogen and oxygen atoms in total. The lowest BCUT2D eigenvalue weighted by Crippen LogP contribution is -2.20. The summed E-state index contributed by atoms with van der Waals surface area (Å²) in [4.78, 5) is 0. The second-order valence-corrected chi connectivity index (χ2v) is 8.66. The zero-order valence-corrected chi connectivity index (χ0v) is 12.5. The van der Waals surface area contributed by atoms with Gasteiger partial charge in [0, 0.05) is 12.7 Å². The van der Waals surface area contributed by atoms with Gasteiger partial charge in [0.1, 0.15) is 0 Å². The van der Waals surface area contributed by atoms with Crippen LogP contribution in [0.5, 0.6) is 0 Å². The van der Waals surface area contributed by atoms with E-state index < -0.39 is 7.14 Å². The molecule has 2 heteroatoms. The minimum atomic E-state index is -1.90. The molecule has 2 radical (unpaired) electrons. The van der Waals surface area contributed by atoms with Crippen LogP contribution in [0.2, 0.25) is 0 Å². The summed E-state index contributed by atoms with van der Waals surface area (Å²) in [5.41, 5.74) is 1.53. The molecule has 2 aromatic carbocycles. The fraction of sp³-hybridized carbons (Fsp3) is 0.176. The third-order valence-corrected chi connectivity index (χ3v) is 7.48. The molecule has 0 aromatic heterocycles. The SMILES string of the molecule is [B][P+](C(=C)c1ccccc1)(c1ccccc1)C(C)C. The highest BCUT2D eigenvalue weighted by Gasteiger charge is 2.42. The van der Waals surface area contributed by atoms with Crippen LogP contribution in [0.15, 0.2) is 67.2 Å². The van der Waals surface area contributed by atoms with Crippen molar-refractivity contribution < 1.29 is 0 Å². The molecule has 1 atom stereocenters. The zero-order valence-electron chi connectivity index (χ0n) is 11.6. The molecule has 1 unspecified atom stereocenters. The van der Waals surface area contributed by atoms with E-state index in [1.165, 1.54) is 5.30 Å². The first-order valence-electron chi connectivity index (χ1n) is 6.54. The van der Waals surface area contributed by atoms with Crippen molar-refractivity contribution in [3.05, 3.63) is 72.8 Å². The van der Waals surface area contributed by atoms with Crippen molar-refractivity contribution in [1.82, 2.24) is 0 Å². The van der Waals surface area contributed by atoms with Crippen molar-refractivity contribution in [1.29, 1.82) is 0 Å². The van der Waals surface area contributed by atoms with Crippen LogP contribution in [-0.4, -0.2) is 13.2 Å². The van der Waals surface area contributed by atoms with Crippen LogP contribution in [0, 0.1) is 0 Å². The zero-order chi connectivity index (χ0) is 13.9. The predicted octanol–water partition coefficient (Wildman–Crippen LogP) is 4.49. The predicted molar refractivity (Wildman–Crippen MR) is 89.4 cm³/mol. The largest absolute Gasteiger partial charge is 0.377 e. The summed E-state index contributed by atoms with van der Waals surface area (Å²) in [7, 11) is 4.95. The van der Waals surface area contributed by atoms with E-state index in [2.05, 4.69) is 56.8 Å². The van der Waals surface area contributed by atoms with E-state index in [4.69, 9.17) is 7.57 Å². The standard InChI is InChI=1S/C17H19BP/c1-14(2)19(18,17-12-8-5-9-13-17)15(3)16-10-6-4-7-11-16/h4-14H,3H2,1-2H3/q+1. The van der Waals surface area contributed by atoms with Gasteiger partial charge in [0.2, 0.25) is 0 Å². The van der Waals surface area contributed by atoms with Gasteiger partial charge < -0.3 is 0 Å². The maximum absolute atomic E-state index is 6.85. The molecule has 0 spiro atoms. The van der Waals surface area contributed by atoms with Gasteiger partial charge in [-0.2, -0.15) is 0 Å². The molecule has 0 fully saturated rings. The smallest absolute Gasteiger partial charge is 0.0622 e. The van der Waals surface area contributed by atoms with Crippen LogP contribution in [0.3, 0.4) is 0 Å². The fourth-order valence-corrected chi connectivity index (χ4v) is 5.06. The highest BCUT2D eigenvalue weighted by molar-refractivity contribution is 8.10. The number of rotatable bonds is 4. The normalized spacial score (nSPS) is 14.1. The number of hydrogen-bond acceptors (Lipinski definition) is 0. The van der Waals surface area contributed by atoms with Crippen LogP contribution in [0.4, 0.5) is 0 Å². The van der Waals surface area contributed by atoms with Gasteiger partial charge in [-0.15, -0.1) is 0 Å². The average Bonchev–Trinajstić information content (AvgIpc) is 2.47. The molecule has 0 amide bonds. The molecule has 94 valence electrons. The van der Waals surface area contributed by atoms with Crippen molar-refractivity contribution in [2.24, 2.45) is 0 Å². The van der Waals surface area contributed by atoms with Gasteiger partial charge in [0.25, 0.3) is 0 Å². The highest BCUT2D eigenvalue weighted by atomic mass is 31.2. The third-order valence-electron chi connectivity index (χ3n) is 3.55. The van der Waals surface area contributed by atoms with E-state index in [1.807, 2.05) is 24.3 Å². The molecule has 0 bridgehead atoms. The van der Waals surface area contributed by atoms with Gasteiger partial charge in [0.05, 0.1) is 16.3 Å². The van der Waals surface area contributed by atoms with Crippen LogP contribution in [-0.2, 0) is 0 Å². The van der Waals surface area contributed by atoms with Crippen LogP contribution in [0.25, 0.3) is 5.31 Å². The summed E-state index contributed by atoms with van der Waals surface area (Å²) < 4.78 is 0. The second kappa shape index (κ2) is 5.76.